The van der Waals surface area contributed by atoms with E-state index >= 15 is 0 Å². The molecular formula is C16H17FOS. The lowest BCUT2D eigenvalue weighted by Gasteiger charge is -2.10. The topological polar surface area (TPSA) is 20.2 Å². The van der Waals surface area contributed by atoms with E-state index in [0.29, 0.717) is 12.2 Å². The number of hydrogen-bond donors (Lipinski definition) is 1. The Morgan fingerprint density at radius 1 is 1.05 bits per heavy atom. The van der Waals surface area contributed by atoms with Crippen LogP contribution in [0.5, 0.6) is 0 Å². The lowest BCUT2D eigenvalue weighted by atomic mass is 10.1. The molecule has 0 aliphatic carbocycles. The second kappa shape index (κ2) is 6.73. The SMILES string of the molecule is Cc1ccc(CC(O)CSc2ccc(F)cc2)cc1. The van der Waals surface area contributed by atoms with E-state index in [2.05, 4.69) is 12.1 Å². The first-order valence-corrected chi connectivity index (χ1v) is 7.24. The Labute approximate surface area is 117 Å². The largest absolute Gasteiger partial charge is 0.392 e. The zero-order valence-corrected chi connectivity index (χ0v) is 11.7. The predicted octanol–water partition coefficient (Wildman–Crippen LogP) is 3.83. The Balaban J connectivity index is 1.82. The molecule has 0 fully saturated rings. The average molecular weight is 276 g/mol. The highest BCUT2D eigenvalue weighted by molar-refractivity contribution is 7.99. The summed E-state index contributed by atoms with van der Waals surface area (Å²) in [6.07, 6.45) is 0.256. The van der Waals surface area contributed by atoms with Crippen molar-refractivity contribution in [3.63, 3.8) is 0 Å². The number of rotatable bonds is 5. The van der Waals surface area contributed by atoms with Gasteiger partial charge in [0.25, 0.3) is 0 Å². The van der Waals surface area contributed by atoms with Gasteiger partial charge in [0.2, 0.25) is 0 Å². The van der Waals surface area contributed by atoms with Gasteiger partial charge in [0, 0.05) is 10.6 Å². The van der Waals surface area contributed by atoms with Gasteiger partial charge in [0.15, 0.2) is 0 Å². The van der Waals surface area contributed by atoms with Gasteiger partial charge in [-0.25, -0.2) is 4.39 Å². The summed E-state index contributed by atoms with van der Waals surface area (Å²) in [6, 6.07) is 14.5. The first-order chi connectivity index (χ1) is 9.13. The van der Waals surface area contributed by atoms with Gasteiger partial charge in [-0.2, -0.15) is 0 Å². The molecule has 0 amide bonds. The molecule has 1 nitrogen and oxygen atoms in total. The van der Waals surface area contributed by atoms with E-state index in [0.717, 1.165) is 10.5 Å². The van der Waals surface area contributed by atoms with E-state index in [9.17, 15) is 9.50 Å². The Kier molecular flexibility index (Phi) is 5.00. The molecule has 0 aliphatic heterocycles. The van der Waals surface area contributed by atoms with Crippen molar-refractivity contribution < 1.29 is 9.50 Å². The highest BCUT2D eigenvalue weighted by atomic mass is 32.2. The Morgan fingerprint density at radius 2 is 1.68 bits per heavy atom. The normalized spacial score (nSPS) is 12.4. The van der Waals surface area contributed by atoms with Crippen LogP contribution < -0.4 is 0 Å². The molecular weight excluding hydrogens is 259 g/mol. The van der Waals surface area contributed by atoms with Crippen LogP contribution in [0.15, 0.2) is 53.4 Å². The second-order valence-corrected chi connectivity index (χ2v) is 5.70. The van der Waals surface area contributed by atoms with Crippen molar-refractivity contribution in [3.8, 4) is 0 Å². The quantitative estimate of drug-likeness (QED) is 0.838. The Bertz CT molecular complexity index is 507. The fourth-order valence-corrected chi connectivity index (χ4v) is 2.61. The van der Waals surface area contributed by atoms with Gasteiger partial charge in [-0.3, -0.25) is 0 Å². The lowest BCUT2D eigenvalue weighted by Crippen LogP contribution is -2.13. The van der Waals surface area contributed by atoms with E-state index in [1.807, 2.05) is 19.1 Å². The third kappa shape index (κ3) is 4.69. The fraction of sp³-hybridized carbons (Fsp3) is 0.250. The minimum Gasteiger partial charge on any atom is -0.392 e. The van der Waals surface area contributed by atoms with Gasteiger partial charge in [0.1, 0.15) is 5.82 Å². The summed E-state index contributed by atoms with van der Waals surface area (Å²) in [5.74, 6) is 0.379. The number of aliphatic hydroxyl groups excluding tert-OH is 1. The summed E-state index contributed by atoms with van der Waals surface area (Å²) in [4.78, 5) is 0.976. The Hall–Kier alpha value is -1.32. The van der Waals surface area contributed by atoms with Crippen LogP contribution in [0.1, 0.15) is 11.1 Å². The number of hydrogen-bond acceptors (Lipinski definition) is 2. The van der Waals surface area contributed by atoms with Gasteiger partial charge in [-0.05, 0) is 43.2 Å². The highest BCUT2D eigenvalue weighted by Gasteiger charge is 2.06. The van der Waals surface area contributed by atoms with Crippen molar-refractivity contribution >= 4 is 11.8 Å². The minimum atomic E-state index is -0.391. The molecule has 0 heterocycles. The molecule has 1 N–H and O–H groups in total. The summed E-state index contributed by atoms with van der Waals surface area (Å²) >= 11 is 1.54. The molecule has 100 valence electrons. The second-order valence-electron chi connectivity index (χ2n) is 4.61. The van der Waals surface area contributed by atoms with Crippen LogP contribution in [0.4, 0.5) is 4.39 Å². The molecule has 0 bridgehead atoms. The van der Waals surface area contributed by atoms with Crippen molar-refractivity contribution in [2.24, 2.45) is 0 Å². The van der Waals surface area contributed by atoms with Gasteiger partial charge in [-0.15, -0.1) is 11.8 Å². The first kappa shape index (κ1) is 14.1. The number of thioether (sulfide) groups is 1. The molecule has 0 radical (unpaired) electrons. The van der Waals surface area contributed by atoms with Crippen LogP contribution in [0.25, 0.3) is 0 Å². The summed E-state index contributed by atoms with van der Waals surface area (Å²) in [7, 11) is 0. The number of benzene rings is 2. The molecule has 2 aromatic carbocycles. The van der Waals surface area contributed by atoms with E-state index in [-0.39, 0.29) is 5.82 Å². The smallest absolute Gasteiger partial charge is 0.123 e. The highest BCUT2D eigenvalue weighted by Crippen LogP contribution is 2.20. The van der Waals surface area contributed by atoms with E-state index in [4.69, 9.17) is 0 Å². The Morgan fingerprint density at radius 3 is 2.32 bits per heavy atom. The van der Waals surface area contributed by atoms with Gasteiger partial charge in [0.05, 0.1) is 6.10 Å². The fourth-order valence-electron chi connectivity index (χ4n) is 1.78. The minimum absolute atomic E-state index is 0.232. The molecule has 0 aromatic heterocycles. The van der Waals surface area contributed by atoms with Gasteiger partial charge in [-0.1, -0.05) is 29.8 Å². The zero-order chi connectivity index (χ0) is 13.7. The van der Waals surface area contributed by atoms with Crippen LogP contribution in [-0.2, 0) is 6.42 Å². The molecule has 1 atom stereocenters. The molecule has 2 aromatic rings. The third-order valence-corrected chi connectivity index (χ3v) is 4.00. The number of aryl methyl sites for hydroxylation is 1. The van der Waals surface area contributed by atoms with Crippen LogP contribution >= 0.6 is 11.8 Å². The summed E-state index contributed by atoms with van der Waals surface area (Å²) in [6.45, 7) is 2.05. The summed E-state index contributed by atoms with van der Waals surface area (Å²) in [5.41, 5.74) is 2.36. The maximum absolute atomic E-state index is 12.7. The van der Waals surface area contributed by atoms with Crippen LogP contribution in [-0.4, -0.2) is 17.0 Å². The van der Waals surface area contributed by atoms with E-state index < -0.39 is 6.10 Å². The summed E-state index contributed by atoms with van der Waals surface area (Å²) in [5, 5.41) is 9.99. The van der Waals surface area contributed by atoms with Crippen LogP contribution in [0, 0.1) is 12.7 Å². The molecule has 1 unspecified atom stereocenters. The van der Waals surface area contributed by atoms with Crippen LogP contribution in [0.2, 0.25) is 0 Å². The molecule has 2 rings (SSSR count). The van der Waals surface area contributed by atoms with Crippen molar-refractivity contribution in [2.45, 2.75) is 24.3 Å². The van der Waals surface area contributed by atoms with Crippen LogP contribution in [0.3, 0.4) is 0 Å². The van der Waals surface area contributed by atoms with Crippen molar-refractivity contribution in [1.29, 1.82) is 0 Å². The van der Waals surface area contributed by atoms with Crippen molar-refractivity contribution in [1.82, 2.24) is 0 Å². The average Bonchev–Trinajstić information content (AvgIpc) is 2.41. The standard InChI is InChI=1S/C16H17FOS/c1-12-2-4-13(5-3-12)10-15(18)11-19-16-8-6-14(17)7-9-16/h2-9,15,18H,10-11H2,1H3. The van der Waals surface area contributed by atoms with Crippen molar-refractivity contribution in [3.05, 3.63) is 65.5 Å². The maximum atomic E-state index is 12.7. The molecule has 0 saturated heterocycles. The number of aliphatic hydroxyl groups is 1. The molecule has 0 aliphatic rings. The molecule has 0 saturated carbocycles. The van der Waals surface area contributed by atoms with Crippen molar-refractivity contribution in [2.75, 3.05) is 5.75 Å². The third-order valence-electron chi connectivity index (χ3n) is 2.85. The van der Waals surface area contributed by atoms with E-state index in [1.165, 1.54) is 17.7 Å². The lowest BCUT2D eigenvalue weighted by molar-refractivity contribution is 0.200. The van der Waals surface area contributed by atoms with E-state index in [1.54, 1.807) is 23.9 Å². The molecule has 0 spiro atoms. The van der Waals surface area contributed by atoms with Gasteiger partial charge < -0.3 is 5.11 Å². The molecule has 3 heteroatoms. The number of halogens is 1. The zero-order valence-electron chi connectivity index (χ0n) is 10.8. The predicted molar refractivity (Wildman–Crippen MR) is 78.0 cm³/mol. The first-order valence-electron chi connectivity index (χ1n) is 6.25. The monoisotopic (exact) mass is 276 g/mol. The van der Waals surface area contributed by atoms with Gasteiger partial charge >= 0.3 is 0 Å². The summed E-state index contributed by atoms with van der Waals surface area (Å²) < 4.78 is 12.7. The maximum Gasteiger partial charge on any atom is 0.123 e. The molecule has 19 heavy (non-hydrogen) atoms.